The summed E-state index contributed by atoms with van der Waals surface area (Å²) in [6, 6.07) is 11.1. The zero-order chi connectivity index (χ0) is 22.5. The standard InChI is InChI=1S/C23H24ClIN2O3S/c1-5-30-21-18(25)10-15(11-19(21)29-4)12-20-22(28)27(13-14(2)3)23(31-20)26-17-8-6-16(24)7-9-17/h6-12,14H,5,13H2,1-4H3/b20-12-,26-23?. The highest BCUT2D eigenvalue weighted by Crippen LogP contribution is 2.38. The molecule has 0 saturated carbocycles. The predicted octanol–water partition coefficient (Wildman–Crippen LogP) is 6.61. The molecule has 1 heterocycles. The van der Waals surface area contributed by atoms with Crippen molar-refractivity contribution in [1.82, 2.24) is 4.90 Å². The van der Waals surface area contributed by atoms with Gasteiger partial charge in [0, 0.05) is 11.6 Å². The average molecular weight is 571 g/mol. The highest BCUT2D eigenvalue weighted by atomic mass is 127. The summed E-state index contributed by atoms with van der Waals surface area (Å²) in [6.07, 6.45) is 1.88. The molecule has 0 N–H and O–H groups in total. The summed E-state index contributed by atoms with van der Waals surface area (Å²) in [4.78, 5) is 20.3. The topological polar surface area (TPSA) is 51.1 Å². The van der Waals surface area contributed by atoms with Gasteiger partial charge in [-0.3, -0.25) is 9.69 Å². The fraction of sp³-hybridized carbons (Fsp3) is 0.304. The molecule has 31 heavy (non-hydrogen) atoms. The van der Waals surface area contributed by atoms with Crippen molar-refractivity contribution in [1.29, 1.82) is 0 Å². The molecule has 2 aromatic rings. The van der Waals surface area contributed by atoms with Gasteiger partial charge in [-0.15, -0.1) is 0 Å². The van der Waals surface area contributed by atoms with Crippen LogP contribution in [0.15, 0.2) is 46.3 Å². The van der Waals surface area contributed by atoms with Crippen LogP contribution in [-0.4, -0.2) is 36.2 Å². The molecule has 0 radical (unpaired) electrons. The second-order valence-electron chi connectivity index (χ2n) is 7.26. The van der Waals surface area contributed by atoms with Crippen molar-refractivity contribution >= 4 is 68.8 Å². The Morgan fingerprint density at radius 2 is 1.97 bits per heavy atom. The maximum atomic E-state index is 13.2. The quantitative estimate of drug-likeness (QED) is 0.278. The van der Waals surface area contributed by atoms with E-state index in [4.69, 9.17) is 26.1 Å². The number of benzene rings is 2. The number of halogens is 2. The number of carbonyl (C=O) groups is 1. The highest BCUT2D eigenvalue weighted by Gasteiger charge is 2.33. The van der Waals surface area contributed by atoms with Gasteiger partial charge in [0.2, 0.25) is 0 Å². The van der Waals surface area contributed by atoms with Gasteiger partial charge in [0.05, 0.1) is 27.9 Å². The fourth-order valence-electron chi connectivity index (χ4n) is 3.00. The molecule has 1 amide bonds. The number of rotatable bonds is 7. The van der Waals surface area contributed by atoms with E-state index < -0.39 is 0 Å². The number of amides is 1. The molecule has 1 fully saturated rings. The van der Waals surface area contributed by atoms with Gasteiger partial charge in [-0.1, -0.05) is 25.4 Å². The first kappa shape index (κ1) is 23.9. The normalized spacial score (nSPS) is 16.6. The van der Waals surface area contributed by atoms with Crippen molar-refractivity contribution in [3.63, 3.8) is 0 Å². The highest BCUT2D eigenvalue weighted by molar-refractivity contribution is 14.1. The Hall–Kier alpha value is -1.71. The summed E-state index contributed by atoms with van der Waals surface area (Å²) in [5.41, 5.74) is 1.63. The Bertz CT molecular complexity index is 1020. The van der Waals surface area contributed by atoms with Gasteiger partial charge in [-0.2, -0.15) is 0 Å². The summed E-state index contributed by atoms with van der Waals surface area (Å²) >= 11 is 9.58. The Balaban J connectivity index is 1.98. The SMILES string of the molecule is CCOc1c(I)cc(/C=C2\SC(=Nc3ccc(Cl)cc3)N(CC(C)C)C2=O)cc1OC. The van der Waals surface area contributed by atoms with Crippen LogP contribution in [0.2, 0.25) is 5.02 Å². The number of aliphatic imine (C=N–C) groups is 1. The first-order chi connectivity index (χ1) is 14.8. The van der Waals surface area contributed by atoms with Crippen molar-refractivity contribution in [3.05, 3.63) is 55.5 Å². The summed E-state index contributed by atoms with van der Waals surface area (Å²) in [6.45, 7) is 7.25. The van der Waals surface area contributed by atoms with Crippen LogP contribution in [0.3, 0.4) is 0 Å². The molecular formula is C23H24ClIN2O3S. The third-order valence-electron chi connectivity index (χ3n) is 4.33. The van der Waals surface area contributed by atoms with E-state index in [1.807, 2.05) is 37.3 Å². The Kier molecular flexibility index (Phi) is 8.30. The van der Waals surface area contributed by atoms with E-state index in [1.54, 1.807) is 24.1 Å². The summed E-state index contributed by atoms with van der Waals surface area (Å²) in [7, 11) is 1.61. The minimum Gasteiger partial charge on any atom is -0.493 e. The molecule has 5 nitrogen and oxygen atoms in total. The molecule has 0 bridgehead atoms. The molecule has 8 heteroatoms. The molecule has 0 atom stereocenters. The molecule has 1 saturated heterocycles. The lowest BCUT2D eigenvalue weighted by Crippen LogP contribution is -2.32. The number of nitrogens with zero attached hydrogens (tertiary/aromatic N) is 2. The van der Waals surface area contributed by atoms with Crippen LogP contribution in [0.5, 0.6) is 11.5 Å². The maximum absolute atomic E-state index is 13.2. The van der Waals surface area contributed by atoms with Crippen molar-refractivity contribution in [2.45, 2.75) is 20.8 Å². The lowest BCUT2D eigenvalue weighted by Gasteiger charge is -2.17. The third-order valence-corrected chi connectivity index (χ3v) is 6.39. The van der Waals surface area contributed by atoms with Gasteiger partial charge in [0.15, 0.2) is 16.7 Å². The molecule has 0 spiro atoms. The van der Waals surface area contributed by atoms with Crippen LogP contribution < -0.4 is 9.47 Å². The molecule has 0 unspecified atom stereocenters. The lowest BCUT2D eigenvalue weighted by atomic mass is 10.1. The second-order valence-corrected chi connectivity index (χ2v) is 9.87. The number of methoxy groups -OCH3 is 1. The largest absolute Gasteiger partial charge is 0.493 e. The number of carbonyl (C=O) groups excluding carboxylic acids is 1. The number of hydrogen-bond donors (Lipinski definition) is 0. The van der Waals surface area contributed by atoms with Gasteiger partial charge in [-0.25, -0.2) is 4.99 Å². The molecule has 0 aromatic heterocycles. The summed E-state index contributed by atoms with van der Waals surface area (Å²) in [5.74, 6) is 1.62. The fourth-order valence-corrected chi connectivity index (χ4v) is 4.92. The first-order valence-corrected chi connectivity index (χ1v) is 12.2. The van der Waals surface area contributed by atoms with Crippen LogP contribution in [-0.2, 0) is 4.79 Å². The zero-order valence-electron chi connectivity index (χ0n) is 17.8. The Morgan fingerprint density at radius 1 is 1.26 bits per heavy atom. The first-order valence-electron chi connectivity index (χ1n) is 9.88. The minimum absolute atomic E-state index is 0.0470. The number of ether oxygens (including phenoxy) is 2. The van der Waals surface area contributed by atoms with Crippen LogP contribution in [0.25, 0.3) is 6.08 Å². The molecule has 3 rings (SSSR count). The number of hydrogen-bond acceptors (Lipinski definition) is 5. The van der Waals surface area contributed by atoms with Gasteiger partial charge >= 0.3 is 0 Å². The Labute approximate surface area is 206 Å². The number of thioether (sulfide) groups is 1. The smallest absolute Gasteiger partial charge is 0.266 e. The zero-order valence-corrected chi connectivity index (χ0v) is 21.5. The van der Waals surface area contributed by atoms with Crippen molar-refractivity contribution in [3.8, 4) is 11.5 Å². The van der Waals surface area contributed by atoms with Crippen molar-refractivity contribution in [2.24, 2.45) is 10.9 Å². The van der Waals surface area contributed by atoms with E-state index in [9.17, 15) is 4.79 Å². The summed E-state index contributed by atoms with van der Waals surface area (Å²) in [5, 5.41) is 1.32. The number of amidine groups is 1. The monoisotopic (exact) mass is 570 g/mol. The van der Waals surface area contributed by atoms with Gasteiger partial charge < -0.3 is 9.47 Å². The van der Waals surface area contributed by atoms with E-state index in [-0.39, 0.29) is 5.91 Å². The van der Waals surface area contributed by atoms with E-state index in [0.717, 1.165) is 14.8 Å². The van der Waals surface area contributed by atoms with E-state index in [1.165, 1.54) is 11.8 Å². The molecular weight excluding hydrogens is 547 g/mol. The van der Waals surface area contributed by atoms with Crippen molar-refractivity contribution in [2.75, 3.05) is 20.3 Å². The van der Waals surface area contributed by atoms with Crippen LogP contribution in [0.1, 0.15) is 26.3 Å². The van der Waals surface area contributed by atoms with E-state index >= 15 is 0 Å². The third kappa shape index (κ3) is 5.96. The lowest BCUT2D eigenvalue weighted by molar-refractivity contribution is -0.122. The molecule has 1 aliphatic rings. The molecule has 1 aliphatic heterocycles. The van der Waals surface area contributed by atoms with Crippen LogP contribution in [0.4, 0.5) is 5.69 Å². The maximum Gasteiger partial charge on any atom is 0.266 e. The van der Waals surface area contributed by atoms with E-state index in [2.05, 4.69) is 36.4 Å². The van der Waals surface area contributed by atoms with Crippen LogP contribution >= 0.6 is 46.0 Å². The summed E-state index contributed by atoms with van der Waals surface area (Å²) < 4.78 is 12.1. The van der Waals surface area contributed by atoms with E-state index in [0.29, 0.717) is 45.7 Å². The second kappa shape index (κ2) is 10.7. The Morgan fingerprint density at radius 3 is 2.58 bits per heavy atom. The van der Waals surface area contributed by atoms with Crippen LogP contribution in [0, 0.1) is 9.49 Å². The van der Waals surface area contributed by atoms with Gasteiger partial charge in [-0.05, 0) is 95.2 Å². The van der Waals surface area contributed by atoms with Gasteiger partial charge in [0.1, 0.15) is 0 Å². The predicted molar refractivity (Wildman–Crippen MR) is 138 cm³/mol. The van der Waals surface area contributed by atoms with Gasteiger partial charge in [0.25, 0.3) is 5.91 Å². The molecule has 2 aromatic carbocycles. The average Bonchev–Trinajstić information content (AvgIpc) is 3.00. The molecule has 164 valence electrons. The van der Waals surface area contributed by atoms with Crippen molar-refractivity contribution < 1.29 is 14.3 Å². The molecule has 0 aliphatic carbocycles. The minimum atomic E-state index is -0.0470.